The Labute approximate surface area is 155 Å². The fourth-order valence-corrected chi connectivity index (χ4v) is 3.22. The molecule has 0 bridgehead atoms. The lowest BCUT2D eigenvalue weighted by molar-refractivity contribution is -0.119. The van der Waals surface area contributed by atoms with Crippen LogP contribution in [-0.2, 0) is 14.8 Å². The molecule has 0 atom stereocenters. The summed E-state index contributed by atoms with van der Waals surface area (Å²) in [5.74, 6) is -1.48. The summed E-state index contributed by atoms with van der Waals surface area (Å²) in [4.78, 5) is 15.5. The number of nitrogens with one attached hydrogen (secondary N) is 3. The SMILES string of the molecule is O=C(CNc1ccc(S(=O)(=O)Nc2ccc(F)c(F)c2)cn1)NCC1CC1. The number of benzene rings is 1. The van der Waals surface area contributed by atoms with Gasteiger partial charge in [-0.25, -0.2) is 22.2 Å². The molecule has 1 aliphatic carbocycles. The van der Waals surface area contributed by atoms with Crippen LogP contribution in [0.3, 0.4) is 0 Å². The number of sulfonamides is 1. The van der Waals surface area contributed by atoms with Crippen LogP contribution in [0, 0.1) is 17.6 Å². The summed E-state index contributed by atoms with van der Waals surface area (Å²) in [7, 11) is -4.01. The Morgan fingerprint density at radius 3 is 2.56 bits per heavy atom. The molecular weight excluding hydrogens is 378 g/mol. The number of halogens is 2. The number of anilines is 2. The minimum absolute atomic E-state index is 0.0267. The number of nitrogens with zero attached hydrogens (tertiary/aromatic N) is 1. The van der Waals surface area contributed by atoms with E-state index in [0.29, 0.717) is 18.3 Å². The normalized spacial score (nSPS) is 13.9. The zero-order valence-electron chi connectivity index (χ0n) is 14.2. The zero-order chi connectivity index (χ0) is 19.4. The molecule has 1 aliphatic rings. The predicted octanol–water partition coefficient (Wildman–Crippen LogP) is 2.10. The summed E-state index contributed by atoms with van der Waals surface area (Å²) in [5, 5.41) is 5.59. The summed E-state index contributed by atoms with van der Waals surface area (Å²) >= 11 is 0. The van der Waals surface area contributed by atoms with E-state index in [1.54, 1.807) is 0 Å². The fraction of sp³-hybridized carbons (Fsp3) is 0.294. The molecule has 0 saturated heterocycles. The van der Waals surface area contributed by atoms with Crippen LogP contribution in [0.2, 0.25) is 0 Å². The molecule has 2 aromatic rings. The topological polar surface area (TPSA) is 100 Å². The van der Waals surface area contributed by atoms with Crippen molar-refractivity contribution in [2.24, 2.45) is 5.92 Å². The van der Waals surface area contributed by atoms with Crippen LogP contribution in [0.25, 0.3) is 0 Å². The number of hydrogen-bond acceptors (Lipinski definition) is 5. The molecule has 1 aromatic carbocycles. The molecule has 7 nitrogen and oxygen atoms in total. The van der Waals surface area contributed by atoms with E-state index in [1.807, 2.05) is 0 Å². The second-order valence-corrected chi connectivity index (χ2v) is 7.90. The molecule has 1 fully saturated rings. The van der Waals surface area contributed by atoms with E-state index in [2.05, 4.69) is 20.3 Å². The summed E-state index contributed by atoms with van der Waals surface area (Å²) < 4.78 is 52.8. The van der Waals surface area contributed by atoms with E-state index in [9.17, 15) is 22.0 Å². The third-order valence-corrected chi connectivity index (χ3v) is 5.30. The molecule has 0 aliphatic heterocycles. The molecule has 0 radical (unpaired) electrons. The monoisotopic (exact) mass is 396 g/mol. The fourth-order valence-electron chi connectivity index (χ4n) is 2.23. The lowest BCUT2D eigenvalue weighted by Gasteiger charge is -2.10. The third-order valence-electron chi connectivity index (χ3n) is 3.93. The van der Waals surface area contributed by atoms with Crippen molar-refractivity contribution in [2.75, 3.05) is 23.1 Å². The maximum absolute atomic E-state index is 13.2. The predicted molar refractivity (Wildman–Crippen MR) is 95.6 cm³/mol. The number of aromatic nitrogens is 1. The van der Waals surface area contributed by atoms with Crippen molar-refractivity contribution in [3.05, 3.63) is 48.2 Å². The Kier molecular flexibility index (Phi) is 5.54. The first kappa shape index (κ1) is 19.0. The van der Waals surface area contributed by atoms with Crippen molar-refractivity contribution in [2.45, 2.75) is 17.7 Å². The van der Waals surface area contributed by atoms with Gasteiger partial charge in [0.05, 0.1) is 12.2 Å². The Balaban J connectivity index is 1.57. The molecule has 27 heavy (non-hydrogen) atoms. The number of amides is 1. The molecule has 0 spiro atoms. The van der Waals surface area contributed by atoms with E-state index < -0.39 is 21.7 Å². The standard InChI is InChI=1S/C17H18F2N4O3S/c18-14-5-3-12(7-15(14)19)23-27(25,26)13-4-6-16(20-9-13)21-10-17(24)22-8-11-1-2-11/h3-7,9,11,23H,1-2,8,10H2,(H,20,21)(H,22,24). The highest BCUT2D eigenvalue weighted by atomic mass is 32.2. The van der Waals surface area contributed by atoms with E-state index in [1.165, 1.54) is 12.1 Å². The Bertz CT molecular complexity index is 932. The molecule has 144 valence electrons. The molecule has 0 unspecified atom stereocenters. The maximum Gasteiger partial charge on any atom is 0.263 e. The molecule has 1 heterocycles. The molecular formula is C17H18F2N4O3S. The van der Waals surface area contributed by atoms with E-state index >= 15 is 0 Å². The minimum atomic E-state index is -4.01. The van der Waals surface area contributed by atoms with Crippen molar-refractivity contribution in [1.82, 2.24) is 10.3 Å². The van der Waals surface area contributed by atoms with Gasteiger partial charge in [0.2, 0.25) is 5.91 Å². The first-order chi connectivity index (χ1) is 12.8. The van der Waals surface area contributed by atoms with Crippen molar-refractivity contribution in [1.29, 1.82) is 0 Å². The van der Waals surface area contributed by atoms with Gasteiger partial charge in [0.15, 0.2) is 11.6 Å². The van der Waals surface area contributed by atoms with Crippen LogP contribution in [0.15, 0.2) is 41.4 Å². The molecule has 3 N–H and O–H groups in total. The van der Waals surface area contributed by atoms with Crippen LogP contribution in [0.1, 0.15) is 12.8 Å². The van der Waals surface area contributed by atoms with Crippen molar-refractivity contribution in [3.8, 4) is 0 Å². The van der Waals surface area contributed by atoms with Gasteiger partial charge in [0.25, 0.3) is 10.0 Å². The summed E-state index contributed by atoms with van der Waals surface area (Å²) in [6, 6.07) is 5.39. The summed E-state index contributed by atoms with van der Waals surface area (Å²) in [6.07, 6.45) is 3.39. The largest absolute Gasteiger partial charge is 0.361 e. The molecule has 10 heteroatoms. The molecule has 1 aromatic heterocycles. The molecule has 1 saturated carbocycles. The molecule has 3 rings (SSSR count). The molecule has 1 amide bonds. The lowest BCUT2D eigenvalue weighted by atomic mass is 10.3. The number of carbonyl (C=O) groups is 1. The number of carbonyl (C=O) groups excluding carboxylic acids is 1. The first-order valence-corrected chi connectivity index (χ1v) is 9.76. The smallest absolute Gasteiger partial charge is 0.263 e. The van der Waals surface area contributed by atoms with Gasteiger partial charge in [0, 0.05) is 18.8 Å². The van der Waals surface area contributed by atoms with Gasteiger partial charge < -0.3 is 10.6 Å². The van der Waals surface area contributed by atoms with Crippen molar-refractivity contribution < 1.29 is 22.0 Å². The van der Waals surface area contributed by atoms with Crippen molar-refractivity contribution in [3.63, 3.8) is 0 Å². The van der Waals surface area contributed by atoms with Gasteiger partial charge in [-0.2, -0.15) is 0 Å². The van der Waals surface area contributed by atoms with E-state index in [4.69, 9.17) is 0 Å². The zero-order valence-corrected chi connectivity index (χ0v) is 15.0. The van der Waals surface area contributed by atoms with Gasteiger partial charge in [0.1, 0.15) is 10.7 Å². The van der Waals surface area contributed by atoms with Crippen LogP contribution in [0.5, 0.6) is 0 Å². The maximum atomic E-state index is 13.2. The highest BCUT2D eigenvalue weighted by molar-refractivity contribution is 7.92. The second kappa shape index (κ2) is 7.87. The average molecular weight is 396 g/mol. The Morgan fingerprint density at radius 1 is 1.15 bits per heavy atom. The van der Waals surface area contributed by atoms with Crippen LogP contribution < -0.4 is 15.4 Å². The van der Waals surface area contributed by atoms with Gasteiger partial charge in [-0.3, -0.25) is 9.52 Å². The first-order valence-electron chi connectivity index (χ1n) is 8.28. The van der Waals surface area contributed by atoms with E-state index in [0.717, 1.165) is 37.2 Å². The number of hydrogen-bond donors (Lipinski definition) is 3. The summed E-state index contributed by atoms with van der Waals surface area (Å²) in [5.41, 5.74) is -0.108. The highest BCUT2D eigenvalue weighted by Crippen LogP contribution is 2.27. The summed E-state index contributed by atoms with van der Waals surface area (Å²) in [6.45, 7) is 0.694. The van der Waals surface area contributed by atoms with Gasteiger partial charge in [-0.15, -0.1) is 0 Å². The lowest BCUT2D eigenvalue weighted by Crippen LogP contribution is -2.31. The van der Waals surface area contributed by atoms with Gasteiger partial charge >= 0.3 is 0 Å². The van der Waals surface area contributed by atoms with Gasteiger partial charge in [-0.1, -0.05) is 0 Å². The Hall–Kier alpha value is -2.75. The number of rotatable bonds is 8. The van der Waals surface area contributed by atoms with Crippen LogP contribution in [-0.4, -0.2) is 32.4 Å². The van der Waals surface area contributed by atoms with Crippen molar-refractivity contribution >= 4 is 27.4 Å². The highest BCUT2D eigenvalue weighted by Gasteiger charge is 2.21. The van der Waals surface area contributed by atoms with E-state index in [-0.39, 0.29) is 23.0 Å². The van der Waals surface area contributed by atoms with Gasteiger partial charge in [-0.05, 0) is 43.0 Å². The van der Waals surface area contributed by atoms with Crippen LogP contribution >= 0.6 is 0 Å². The van der Waals surface area contributed by atoms with Crippen LogP contribution in [0.4, 0.5) is 20.3 Å². The average Bonchev–Trinajstić information content (AvgIpc) is 3.46. The quantitative estimate of drug-likeness (QED) is 0.635. The number of pyridine rings is 1. The second-order valence-electron chi connectivity index (χ2n) is 6.21. The Morgan fingerprint density at radius 2 is 1.93 bits per heavy atom. The minimum Gasteiger partial charge on any atom is -0.361 e. The third kappa shape index (κ3) is 5.36.